The van der Waals surface area contributed by atoms with Crippen LogP contribution in [-0.2, 0) is 6.54 Å². The number of anilines is 1. The molecule has 0 aliphatic heterocycles. The summed E-state index contributed by atoms with van der Waals surface area (Å²) in [5, 5.41) is 0. The predicted octanol–water partition coefficient (Wildman–Crippen LogP) is 1.79. The summed E-state index contributed by atoms with van der Waals surface area (Å²) >= 11 is 0. The van der Waals surface area contributed by atoms with E-state index in [-0.39, 0.29) is 0 Å². The molecule has 1 aromatic carbocycles. The van der Waals surface area contributed by atoms with E-state index in [0.717, 1.165) is 29.2 Å². The largest absolute Gasteiger partial charge is 0.399 e. The van der Waals surface area contributed by atoms with Crippen molar-refractivity contribution in [1.82, 2.24) is 14.9 Å². The Morgan fingerprint density at radius 3 is 2.12 bits per heavy atom. The van der Waals surface area contributed by atoms with E-state index in [1.54, 1.807) is 0 Å². The van der Waals surface area contributed by atoms with Gasteiger partial charge in [-0.05, 0) is 31.8 Å². The molecule has 0 saturated carbocycles. The zero-order valence-electron chi connectivity index (χ0n) is 10.1. The van der Waals surface area contributed by atoms with Crippen LogP contribution in [0.4, 0.5) is 5.69 Å². The van der Waals surface area contributed by atoms with Gasteiger partial charge in [0.1, 0.15) is 5.82 Å². The number of benzene rings is 1. The molecule has 0 aliphatic carbocycles. The van der Waals surface area contributed by atoms with E-state index in [1.807, 2.05) is 55.7 Å². The first-order chi connectivity index (χ1) is 8.15. The fraction of sp³-hybridized carbons (Fsp3) is 0.231. The van der Waals surface area contributed by atoms with Gasteiger partial charge in [0, 0.05) is 23.6 Å². The lowest BCUT2D eigenvalue weighted by Gasteiger charge is -2.08. The molecule has 88 valence electrons. The highest BCUT2D eigenvalue weighted by molar-refractivity contribution is 5.63. The molecule has 4 heteroatoms. The molecular weight excluding hydrogens is 212 g/mol. The number of aromatic nitrogens is 2. The highest BCUT2D eigenvalue weighted by Crippen LogP contribution is 2.18. The van der Waals surface area contributed by atoms with Gasteiger partial charge in [-0.1, -0.05) is 12.1 Å². The maximum absolute atomic E-state index is 5.65. The number of nitrogens with two attached hydrogens (primary N) is 1. The van der Waals surface area contributed by atoms with Crippen molar-refractivity contribution in [2.75, 3.05) is 19.8 Å². The van der Waals surface area contributed by atoms with Gasteiger partial charge in [-0.3, -0.25) is 0 Å². The Kier molecular flexibility index (Phi) is 3.35. The monoisotopic (exact) mass is 228 g/mol. The van der Waals surface area contributed by atoms with Gasteiger partial charge in [-0.25, -0.2) is 9.97 Å². The van der Waals surface area contributed by atoms with Gasteiger partial charge in [0.15, 0.2) is 0 Å². The minimum atomic E-state index is 0.752. The van der Waals surface area contributed by atoms with E-state index in [9.17, 15) is 0 Å². The van der Waals surface area contributed by atoms with Gasteiger partial charge >= 0.3 is 0 Å². The smallest absolute Gasteiger partial charge is 0.142 e. The van der Waals surface area contributed by atoms with E-state index in [2.05, 4.69) is 9.97 Å². The normalized spacial score (nSPS) is 10.8. The van der Waals surface area contributed by atoms with Gasteiger partial charge < -0.3 is 10.6 Å². The Morgan fingerprint density at radius 2 is 1.59 bits per heavy atom. The summed E-state index contributed by atoms with van der Waals surface area (Å²) in [6.45, 7) is 0.752. The third-order valence-electron chi connectivity index (χ3n) is 2.41. The average Bonchev–Trinajstić information content (AvgIpc) is 2.30. The van der Waals surface area contributed by atoms with Gasteiger partial charge in [-0.15, -0.1) is 0 Å². The zero-order chi connectivity index (χ0) is 12.3. The van der Waals surface area contributed by atoms with Crippen LogP contribution in [-0.4, -0.2) is 29.0 Å². The highest BCUT2D eigenvalue weighted by atomic mass is 15.1. The third kappa shape index (κ3) is 3.01. The Hall–Kier alpha value is -1.94. The van der Waals surface area contributed by atoms with Crippen LogP contribution in [0.5, 0.6) is 0 Å². The molecule has 2 aromatic rings. The third-order valence-corrected chi connectivity index (χ3v) is 2.41. The van der Waals surface area contributed by atoms with Crippen molar-refractivity contribution in [3.05, 3.63) is 42.5 Å². The molecule has 1 heterocycles. The Labute approximate surface area is 101 Å². The molecular formula is C13H16N4. The lowest BCUT2D eigenvalue weighted by atomic mass is 10.1. The van der Waals surface area contributed by atoms with Gasteiger partial charge in [0.2, 0.25) is 0 Å². The second-order valence-electron chi connectivity index (χ2n) is 4.25. The number of nitrogens with zero attached hydrogens (tertiary/aromatic N) is 3. The topological polar surface area (TPSA) is 55.0 Å². The lowest BCUT2D eigenvalue weighted by molar-refractivity contribution is 0.390. The average molecular weight is 228 g/mol. The second-order valence-corrected chi connectivity index (χ2v) is 4.25. The maximum Gasteiger partial charge on any atom is 0.142 e. The molecule has 0 fully saturated rings. The van der Waals surface area contributed by atoms with Crippen molar-refractivity contribution in [2.24, 2.45) is 0 Å². The molecule has 4 nitrogen and oxygen atoms in total. The quantitative estimate of drug-likeness (QED) is 0.814. The summed E-state index contributed by atoms with van der Waals surface area (Å²) in [4.78, 5) is 10.7. The van der Waals surface area contributed by atoms with E-state index in [0.29, 0.717) is 0 Å². The van der Waals surface area contributed by atoms with E-state index in [4.69, 9.17) is 5.73 Å². The second kappa shape index (κ2) is 4.93. The van der Waals surface area contributed by atoms with Crippen LogP contribution in [0.25, 0.3) is 11.1 Å². The van der Waals surface area contributed by atoms with Crippen molar-refractivity contribution < 1.29 is 0 Å². The number of hydrogen-bond donors (Lipinski definition) is 1. The first-order valence-electron chi connectivity index (χ1n) is 5.47. The Morgan fingerprint density at radius 1 is 1.00 bits per heavy atom. The standard InChI is InChI=1S/C13H16N4/c1-17(2)9-13-15-7-11(8-16-13)10-3-5-12(14)6-4-10/h3-8H,9,14H2,1-2H3. The fourth-order valence-electron chi connectivity index (χ4n) is 1.54. The summed E-state index contributed by atoms with van der Waals surface area (Å²) < 4.78 is 0. The molecule has 1 aromatic heterocycles. The van der Waals surface area contributed by atoms with Crippen LogP contribution < -0.4 is 5.73 Å². The Balaban J connectivity index is 2.20. The molecule has 0 saturated heterocycles. The van der Waals surface area contributed by atoms with Crippen LogP contribution in [0, 0.1) is 0 Å². The summed E-state index contributed by atoms with van der Waals surface area (Å²) in [5.41, 5.74) is 8.50. The number of hydrogen-bond acceptors (Lipinski definition) is 4. The Bertz CT molecular complexity index is 474. The van der Waals surface area contributed by atoms with Crippen molar-refractivity contribution >= 4 is 5.69 Å². The van der Waals surface area contributed by atoms with Crippen LogP contribution in [0.15, 0.2) is 36.7 Å². The molecule has 0 amide bonds. The van der Waals surface area contributed by atoms with Crippen molar-refractivity contribution in [3.63, 3.8) is 0 Å². The summed E-state index contributed by atoms with van der Waals surface area (Å²) in [5.74, 6) is 0.828. The molecule has 0 atom stereocenters. The van der Waals surface area contributed by atoms with E-state index >= 15 is 0 Å². The molecule has 0 spiro atoms. The SMILES string of the molecule is CN(C)Cc1ncc(-c2ccc(N)cc2)cn1. The van der Waals surface area contributed by atoms with Gasteiger partial charge in [0.05, 0.1) is 6.54 Å². The predicted molar refractivity (Wildman–Crippen MR) is 69.3 cm³/mol. The number of rotatable bonds is 3. The van der Waals surface area contributed by atoms with Crippen LogP contribution in [0.1, 0.15) is 5.82 Å². The van der Waals surface area contributed by atoms with Gasteiger partial charge in [-0.2, -0.15) is 0 Å². The van der Waals surface area contributed by atoms with Crippen LogP contribution >= 0.6 is 0 Å². The first kappa shape index (κ1) is 11.5. The van der Waals surface area contributed by atoms with Crippen LogP contribution in [0.3, 0.4) is 0 Å². The minimum Gasteiger partial charge on any atom is -0.399 e. The van der Waals surface area contributed by atoms with Crippen LogP contribution in [0.2, 0.25) is 0 Å². The molecule has 2 N–H and O–H groups in total. The van der Waals surface area contributed by atoms with E-state index < -0.39 is 0 Å². The van der Waals surface area contributed by atoms with Crippen molar-refractivity contribution in [3.8, 4) is 11.1 Å². The number of nitrogen functional groups attached to an aromatic ring is 1. The highest BCUT2D eigenvalue weighted by Gasteiger charge is 2.01. The van der Waals surface area contributed by atoms with E-state index in [1.165, 1.54) is 0 Å². The molecule has 17 heavy (non-hydrogen) atoms. The fourth-order valence-corrected chi connectivity index (χ4v) is 1.54. The van der Waals surface area contributed by atoms with Crippen molar-refractivity contribution in [2.45, 2.75) is 6.54 Å². The first-order valence-corrected chi connectivity index (χ1v) is 5.47. The molecule has 0 aliphatic rings. The molecule has 2 rings (SSSR count). The summed E-state index contributed by atoms with van der Waals surface area (Å²) in [7, 11) is 3.99. The summed E-state index contributed by atoms with van der Waals surface area (Å²) in [6, 6.07) is 7.70. The molecule has 0 bridgehead atoms. The van der Waals surface area contributed by atoms with Crippen molar-refractivity contribution in [1.29, 1.82) is 0 Å². The maximum atomic E-state index is 5.65. The lowest BCUT2D eigenvalue weighted by Crippen LogP contribution is -2.13. The van der Waals surface area contributed by atoms with Gasteiger partial charge in [0.25, 0.3) is 0 Å². The summed E-state index contributed by atoms with van der Waals surface area (Å²) in [6.07, 6.45) is 3.69. The molecule has 0 radical (unpaired) electrons. The molecule has 0 unspecified atom stereocenters. The minimum absolute atomic E-state index is 0.752. The zero-order valence-corrected chi connectivity index (χ0v) is 10.1.